The highest BCUT2D eigenvalue weighted by atomic mass is 16.1. The maximum absolute atomic E-state index is 11.3. The van der Waals surface area contributed by atoms with E-state index in [1.54, 1.807) is 6.20 Å². The van der Waals surface area contributed by atoms with Gasteiger partial charge in [0, 0.05) is 6.42 Å². The van der Waals surface area contributed by atoms with Crippen molar-refractivity contribution in [2.75, 3.05) is 5.32 Å². The fraction of sp³-hybridized carbons (Fsp3) is 0.556. The smallest absolute Gasteiger partial charge is 0.224 e. The maximum atomic E-state index is 11.3. The largest absolute Gasteiger partial charge is 0.323 e. The van der Waals surface area contributed by atoms with E-state index < -0.39 is 0 Å². The van der Waals surface area contributed by atoms with Crippen LogP contribution in [0.3, 0.4) is 0 Å². The first-order valence-electron chi connectivity index (χ1n) is 4.54. The van der Waals surface area contributed by atoms with Gasteiger partial charge in [0.25, 0.3) is 0 Å². The van der Waals surface area contributed by atoms with Gasteiger partial charge in [-0.1, -0.05) is 13.3 Å². The zero-order valence-electron chi connectivity index (χ0n) is 8.05. The van der Waals surface area contributed by atoms with E-state index in [4.69, 9.17) is 0 Å². The average molecular weight is 181 g/mol. The highest BCUT2D eigenvalue weighted by Gasteiger charge is 2.04. The summed E-state index contributed by atoms with van der Waals surface area (Å²) < 4.78 is 0. The van der Waals surface area contributed by atoms with Crippen molar-refractivity contribution in [1.29, 1.82) is 0 Å². The van der Waals surface area contributed by atoms with Gasteiger partial charge < -0.3 is 5.32 Å². The third kappa shape index (κ3) is 2.89. The predicted octanol–water partition coefficient (Wildman–Crippen LogP) is 1.85. The molecular formula is C9H15N3O. The highest BCUT2D eigenvalue weighted by Crippen LogP contribution is 2.10. The number of nitrogens with zero attached hydrogens (tertiary/aromatic N) is 1. The van der Waals surface area contributed by atoms with Crippen molar-refractivity contribution in [1.82, 2.24) is 10.2 Å². The molecule has 1 rings (SSSR count). The summed E-state index contributed by atoms with van der Waals surface area (Å²) in [7, 11) is 0. The molecule has 1 aromatic rings. The van der Waals surface area contributed by atoms with Crippen LogP contribution in [-0.2, 0) is 4.79 Å². The van der Waals surface area contributed by atoms with E-state index in [0.29, 0.717) is 6.42 Å². The molecule has 2 N–H and O–H groups in total. The van der Waals surface area contributed by atoms with Gasteiger partial charge >= 0.3 is 0 Å². The van der Waals surface area contributed by atoms with Gasteiger partial charge in [-0.2, -0.15) is 5.10 Å². The van der Waals surface area contributed by atoms with Crippen molar-refractivity contribution in [2.24, 2.45) is 0 Å². The molecule has 0 bridgehead atoms. The van der Waals surface area contributed by atoms with Crippen LogP contribution in [-0.4, -0.2) is 16.1 Å². The molecule has 0 atom stereocenters. The summed E-state index contributed by atoms with van der Waals surface area (Å²) in [5, 5.41) is 9.37. The summed E-state index contributed by atoms with van der Waals surface area (Å²) in [4.78, 5) is 11.3. The van der Waals surface area contributed by atoms with Crippen LogP contribution < -0.4 is 5.32 Å². The Labute approximate surface area is 77.7 Å². The van der Waals surface area contributed by atoms with Gasteiger partial charge in [0.1, 0.15) is 0 Å². The predicted molar refractivity (Wildman–Crippen MR) is 51.5 cm³/mol. The second-order valence-corrected chi connectivity index (χ2v) is 3.06. The number of hydrogen-bond donors (Lipinski definition) is 2. The van der Waals surface area contributed by atoms with Crippen LogP contribution in [0.5, 0.6) is 0 Å². The standard InChI is InChI=1S/C9H15N3O/c1-3-4-5-9(13)11-8-6-10-12-7(8)2/h6H,3-5H2,1-2H3,(H,10,12)(H,11,13). The van der Waals surface area contributed by atoms with E-state index in [1.165, 1.54) is 0 Å². The van der Waals surface area contributed by atoms with Crippen molar-refractivity contribution in [3.8, 4) is 0 Å². The molecule has 0 aliphatic heterocycles. The van der Waals surface area contributed by atoms with Crippen LogP contribution in [0.4, 0.5) is 5.69 Å². The monoisotopic (exact) mass is 181 g/mol. The van der Waals surface area contributed by atoms with E-state index >= 15 is 0 Å². The molecule has 13 heavy (non-hydrogen) atoms. The first kappa shape index (κ1) is 9.77. The van der Waals surface area contributed by atoms with Crippen LogP contribution in [0.1, 0.15) is 31.9 Å². The lowest BCUT2D eigenvalue weighted by Gasteiger charge is -2.01. The minimum absolute atomic E-state index is 0.0614. The lowest BCUT2D eigenvalue weighted by Crippen LogP contribution is -2.11. The molecule has 1 heterocycles. The number of H-pyrrole nitrogens is 1. The summed E-state index contributed by atoms with van der Waals surface area (Å²) in [6.07, 6.45) is 4.18. The van der Waals surface area contributed by atoms with Gasteiger partial charge in [-0.3, -0.25) is 9.89 Å². The molecule has 1 aromatic heterocycles. The Balaban J connectivity index is 2.41. The molecule has 0 radical (unpaired) electrons. The van der Waals surface area contributed by atoms with E-state index in [9.17, 15) is 4.79 Å². The lowest BCUT2D eigenvalue weighted by atomic mass is 10.2. The van der Waals surface area contributed by atoms with Gasteiger partial charge in [0.15, 0.2) is 0 Å². The number of unbranched alkanes of at least 4 members (excludes halogenated alkanes) is 1. The maximum Gasteiger partial charge on any atom is 0.224 e. The van der Waals surface area contributed by atoms with Crippen LogP contribution in [0.25, 0.3) is 0 Å². The van der Waals surface area contributed by atoms with E-state index in [-0.39, 0.29) is 5.91 Å². The van der Waals surface area contributed by atoms with E-state index in [1.807, 2.05) is 6.92 Å². The fourth-order valence-corrected chi connectivity index (χ4v) is 1.03. The van der Waals surface area contributed by atoms with E-state index in [0.717, 1.165) is 24.2 Å². The van der Waals surface area contributed by atoms with Gasteiger partial charge in [0.2, 0.25) is 5.91 Å². The molecule has 0 aromatic carbocycles. The van der Waals surface area contributed by atoms with Gasteiger partial charge in [-0.25, -0.2) is 0 Å². The molecule has 4 heteroatoms. The molecule has 0 saturated carbocycles. The average Bonchev–Trinajstić information content (AvgIpc) is 2.48. The summed E-state index contributed by atoms with van der Waals surface area (Å²) in [6.45, 7) is 3.94. The number of amides is 1. The SMILES string of the molecule is CCCCC(=O)Nc1cn[nH]c1C. The molecular weight excluding hydrogens is 166 g/mol. The number of anilines is 1. The molecule has 72 valence electrons. The Kier molecular flexibility index (Phi) is 3.49. The van der Waals surface area contributed by atoms with Crippen molar-refractivity contribution in [3.63, 3.8) is 0 Å². The molecule has 0 saturated heterocycles. The first-order chi connectivity index (χ1) is 6.24. The van der Waals surface area contributed by atoms with Crippen LogP contribution in [0, 0.1) is 6.92 Å². The second-order valence-electron chi connectivity index (χ2n) is 3.06. The molecule has 4 nitrogen and oxygen atoms in total. The Morgan fingerprint density at radius 2 is 2.46 bits per heavy atom. The number of carbonyl (C=O) groups is 1. The Bertz CT molecular complexity index is 280. The fourth-order valence-electron chi connectivity index (χ4n) is 1.03. The van der Waals surface area contributed by atoms with Gasteiger partial charge in [-0.15, -0.1) is 0 Å². The molecule has 0 unspecified atom stereocenters. The molecule has 1 amide bonds. The molecule has 0 aliphatic rings. The number of hydrogen-bond acceptors (Lipinski definition) is 2. The van der Waals surface area contributed by atoms with Gasteiger partial charge in [-0.05, 0) is 13.3 Å². The normalized spacial score (nSPS) is 10.0. The second kappa shape index (κ2) is 4.64. The van der Waals surface area contributed by atoms with Crippen molar-refractivity contribution < 1.29 is 4.79 Å². The van der Waals surface area contributed by atoms with Crippen molar-refractivity contribution in [2.45, 2.75) is 33.1 Å². The third-order valence-corrected chi connectivity index (χ3v) is 1.86. The van der Waals surface area contributed by atoms with Crippen LogP contribution in [0.15, 0.2) is 6.20 Å². The summed E-state index contributed by atoms with van der Waals surface area (Å²) in [5.74, 6) is 0.0614. The number of aromatic nitrogens is 2. The number of aromatic amines is 1. The molecule has 0 fully saturated rings. The topological polar surface area (TPSA) is 57.8 Å². The summed E-state index contributed by atoms with van der Waals surface area (Å²) >= 11 is 0. The summed E-state index contributed by atoms with van der Waals surface area (Å²) in [5.41, 5.74) is 1.67. The minimum Gasteiger partial charge on any atom is -0.323 e. The van der Waals surface area contributed by atoms with Crippen LogP contribution in [0.2, 0.25) is 0 Å². The van der Waals surface area contributed by atoms with E-state index in [2.05, 4.69) is 22.4 Å². The Hall–Kier alpha value is -1.32. The third-order valence-electron chi connectivity index (χ3n) is 1.86. The lowest BCUT2D eigenvalue weighted by molar-refractivity contribution is -0.116. The first-order valence-corrected chi connectivity index (χ1v) is 4.54. The van der Waals surface area contributed by atoms with Crippen LogP contribution >= 0.6 is 0 Å². The minimum atomic E-state index is 0.0614. The zero-order chi connectivity index (χ0) is 9.68. The molecule has 0 spiro atoms. The molecule has 0 aliphatic carbocycles. The van der Waals surface area contributed by atoms with Gasteiger partial charge in [0.05, 0.1) is 17.6 Å². The zero-order valence-corrected chi connectivity index (χ0v) is 8.05. The van der Waals surface area contributed by atoms with Crippen molar-refractivity contribution in [3.05, 3.63) is 11.9 Å². The highest BCUT2D eigenvalue weighted by molar-refractivity contribution is 5.90. The number of carbonyl (C=O) groups excluding carboxylic acids is 1. The number of rotatable bonds is 4. The Morgan fingerprint density at radius 1 is 1.69 bits per heavy atom. The number of nitrogens with one attached hydrogen (secondary N) is 2. The quantitative estimate of drug-likeness (QED) is 0.744. The number of aryl methyl sites for hydroxylation is 1. The summed E-state index contributed by atoms with van der Waals surface area (Å²) in [6, 6.07) is 0. The van der Waals surface area contributed by atoms with Crippen molar-refractivity contribution >= 4 is 11.6 Å². The Morgan fingerprint density at radius 3 is 3.00 bits per heavy atom.